The number of esters is 1. The van der Waals surface area contributed by atoms with E-state index in [0.717, 1.165) is 21.9 Å². The maximum atomic E-state index is 12.0. The molecule has 0 bridgehead atoms. The fraction of sp³-hybridized carbons (Fsp3) is 0.217. The fourth-order valence-electron chi connectivity index (χ4n) is 3.64. The number of benzene rings is 3. The highest BCUT2D eigenvalue weighted by molar-refractivity contribution is 5.93. The maximum absolute atomic E-state index is 12.0. The lowest BCUT2D eigenvalue weighted by Gasteiger charge is -2.18. The van der Waals surface area contributed by atoms with Crippen molar-refractivity contribution in [1.29, 1.82) is 0 Å². The van der Waals surface area contributed by atoms with Gasteiger partial charge in [-0.1, -0.05) is 36.4 Å². The highest BCUT2D eigenvalue weighted by atomic mass is 16.5. The molecule has 0 spiro atoms. The van der Waals surface area contributed by atoms with E-state index < -0.39 is 12.1 Å². The van der Waals surface area contributed by atoms with E-state index in [0.29, 0.717) is 30.8 Å². The number of carbonyl (C=O) groups excluding carboxylic acids is 1. The van der Waals surface area contributed by atoms with Crippen LogP contribution in [0.15, 0.2) is 60.7 Å². The third-order valence-corrected chi connectivity index (χ3v) is 5.17. The Labute approximate surface area is 168 Å². The molecule has 0 saturated carbocycles. The van der Waals surface area contributed by atoms with E-state index in [1.54, 1.807) is 18.2 Å². The lowest BCUT2D eigenvalue weighted by atomic mass is 9.98. The molecule has 3 aromatic carbocycles. The number of fused-ring (bicyclic) bond motifs is 1. The Balaban J connectivity index is 1.72. The van der Waals surface area contributed by atoms with Crippen LogP contribution < -0.4 is 4.74 Å². The second kappa shape index (κ2) is 7.83. The van der Waals surface area contributed by atoms with Crippen molar-refractivity contribution < 1.29 is 24.2 Å². The number of amides is 1. The molecule has 1 aliphatic rings. The summed E-state index contributed by atoms with van der Waals surface area (Å²) >= 11 is 0. The van der Waals surface area contributed by atoms with Crippen molar-refractivity contribution in [1.82, 2.24) is 4.90 Å². The van der Waals surface area contributed by atoms with Crippen molar-refractivity contribution in [3.63, 3.8) is 0 Å². The van der Waals surface area contributed by atoms with Gasteiger partial charge in [-0.15, -0.1) is 0 Å². The molecule has 0 aliphatic carbocycles. The molecule has 29 heavy (non-hydrogen) atoms. The molecule has 1 saturated heterocycles. The van der Waals surface area contributed by atoms with Gasteiger partial charge < -0.3 is 19.5 Å². The van der Waals surface area contributed by atoms with Gasteiger partial charge in [0.25, 0.3) is 0 Å². The quantitative estimate of drug-likeness (QED) is 0.666. The first-order valence-corrected chi connectivity index (χ1v) is 9.41. The van der Waals surface area contributed by atoms with Crippen LogP contribution in [0, 0.1) is 0 Å². The second-order valence-corrected chi connectivity index (χ2v) is 7.02. The van der Waals surface area contributed by atoms with Crippen LogP contribution in [0.2, 0.25) is 0 Å². The van der Waals surface area contributed by atoms with E-state index in [4.69, 9.17) is 9.47 Å². The summed E-state index contributed by atoms with van der Waals surface area (Å²) in [5.74, 6) is 0.196. The predicted octanol–water partition coefficient (Wildman–Crippen LogP) is 4.42. The molecule has 1 atom stereocenters. The number of carbonyl (C=O) groups is 2. The Morgan fingerprint density at radius 3 is 2.55 bits per heavy atom. The molecule has 1 fully saturated rings. The Morgan fingerprint density at radius 1 is 1.03 bits per heavy atom. The lowest BCUT2D eigenvalue weighted by Crippen LogP contribution is -2.29. The summed E-state index contributed by atoms with van der Waals surface area (Å²) in [6, 6.07) is 19.3. The van der Waals surface area contributed by atoms with Crippen molar-refractivity contribution in [2.45, 2.75) is 12.5 Å². The maximum Gasteiger partial charge on any atom is 0.407 e. The van der Waals surface area contributed by atoms with Gasteiger partial charge in [-0.2, -0.15) is 0 Å². The number of ether oxygens (including phenoxy) is 2. The number of likely N-dealkylation sites (tertiary alicyclic amines) is 1. The molecule has 6 heteroatoms. The Bertz CT molecular complexity index is 1080. The van der Waals surface area contributed by atoms with E-state index >= 15 is 0 Å². The molecule has 0 radical (unpaired) electrons. The van der Waals surface area contributed by atoms with Gasteiger partial charge in [-0.05, 0) is 40.6 Å². The van der Waals surface area contributed by atoms with Gasteiger partial charge >= 0.3 is 12.1 Å². The van der Waals surface area contributed by atoms with Crippen LogP contribution in [-0.2, 0) is 4.74 Å². The third kappa shape index (κ3) is 3.87. The zero-order chi connectivity index (χ0) is 20.4. The van der Waals surface area contributed by atoms with Crippen molar-refractivity contribution in [3.8, 4) is 16.9 Å². The highest BCUT2D eigenvalue weighted by Gasteiger charge is 2.28. The van der Waals surface area contributed by atoms with Crippen LogP contribution in [0.5, 0.6) is 5.75 Å². The summed E-state index contributed by atoms with van der Waals surface area (Å²) in [6.07, 6.45) is -0.538. The van der Waals surface area contributed by atoms with E-state index in [1.807, 2.05) is 36.4 Å². The molecule has 0 aromatic heterocycles. The monoisotopic (exact) mass is 391 g/mol. The van der Waals surface area contributed by atoms with Crippen molar-refractivity contribution in [2.75, 3.05) is 20.2 Å². The molecular formula is C23H21NO5. The van der Waals surface area contributed by atoms with Gasteiger partial charge in [0.15, 0.2) is 0 Å². The van der Waals surface area contributed by atoms with Gasteiger partial charge in [0.2, 0.25) is 0 Å². The first kappa shape index (κ1) is 18.8. The molecule has 1 N–H and O–H groups in total. The number of rotatable bonds is 4. The highest BCUT2D eigenvalue weighted by Crippen LogP contribution is 2.34. The van der Waals surface area contributed by atoms with Gasteiger partial charge in [0, 0.05) is 18.5 Å². The Hall–Kier alpha value is -3.54. The second-order valence-electron chi connectivity index (χ2n) is 7.02. The summed E-state index contributed by atoms with van der Waals surface area (Å²) in [7, 11) is 1.35. The standard InChI is InChI=1S/C23H21NO5/c1-28-22(25)18-8-9-21(29-19-10-11-24(14-19)23(26)27)20(13-18)17-7-6-15-4-2-3-5-16(15)12-17/h2-9,12-13,19H,10-11,14H2,1H3,(H,26,27). The first-order valence-electron chi connectivity index (χ1n) is 9.41. The molecule has 1 unspecified atom stereocenters. The minimum atomic E-state index is -0.938. The normalized spacial score (nSPS) is 16.0. The Kier molecular flexibility index (Phi) is 5.08. The molecule has 3 aromatic rings. The molecule has 148 valence electrons. The Morgan fingerprint density at radius 2 is 1.83 bits per heavy atom. The average molecular weight is 391 g/mol. The number of hydrogen-bond acceptors (Lipinski definition) is 4. The number of carboxylic acid groups (broad SMARTS) is 1. The van der Waals surface area contributed by atoms with E-state index in [1.165, 1.54) is 12.0 Å². The summed E-state index contributed by atoms with van der Waals surface area (Å²) in [4.78, 5) is 24.6. The van der Waals surface area contributed by atoms with Gasteiger partial charge in [-0.25, -0.2) is 9.59 Å². The van der Waals surface area contributed by atoms with Crippen LogP contribution in [0.1, 0.15) is 16.8 Å². The predicted molar refractivity (Wildman–Crippen MR) is 109 cm³/mol. The fourth-order valence-corrected chi connectivity index (χ4v) is 3.64. The van der Waals surface area contributed by atoms with Crippen LogP contribution in [0.3, 0.4) is 0 Å². The zero-order valence-electron chi connectivity index (χ0n) is 16.0. The molecule has 1 aliphatic heterocycles. The molecule has 1 amide bonds. The van der Waals surface area contributed by atoms with Crippen molar-refractivity contribution >= 4 is 22.8 Å². The van der Waals surface area contributed by atoms with E-state index in [9.17, 15) is 14.7 Å². The molecule has 1 heterocycles. The summed E-state index contributed by atoms with van der Waals surface area (Å²) in [6.45, 7) is 0.775. The smallest absolute Gasteiger partial charge is 0.407 e. The van der Waals surface area contributed by atoms with E-state index in [-0.39, 0.29) is 6.10 Å². The average Bonchev–Trinajstić information content (AvgIpc) is 3.22. The zero-order valence-corrected chi connectivity index (χ0v) is 16.0. The SMILES string of the molecule is COC(=O)c1ccc(OC2CCN(C(=O)O)C2)c(-c2ccc3ccccc3c2)c1. The largest absolute Gasteiger partial charge is 0.488 e. The first-order chi connectivity index (χ1) is 14.0. The van der Waals surface area contributed by atoms with Gasteiger partial charge in [-0.3, -0.25) is 0 Å². The molecular weight excluding hydrogens is 370 g/mol. The summed E-state index contributed by atoms with van der Waals surface area (Å²) < 4.78 is 11.0. The number of methoxy groups -OCH3 is 1. The molecule has 6 nitrogen and oxygen atoms in total. The van der Waals surface area contributed by atoms with Gasteiger partial charge in [0.1, 0.15) is 11.9 Å². The summed E-state index contributed by atoms with van der Waals surface area (Å²) in [5, 5.41) is 11.4. The van der Waals surface area contributed by atoms with Crippen LogP contribution >= 0.6 is 0 Å². The lowest BCUT2D eigenvalue weighted by molar-refractivity contribution is 0.0600. The van der Waals surface area contributed by atoms with Crippen molar-refractivity contribution in [3.05, 3.63) is 66.2 Å². The van der Waals surface area contributed by atoms with Crippen molar-refractivity contribution in [2.24, 2.45) is 0 Å². The minimum Gasteiger partial charge on any atom is -0.488 e. The number of hydrogen-bond donors (Lipinski definition) is 1. The number of nitrogens with zero attached hydrogens (tertiary/aromatic N) is 1. The van der Waals surface area contributed by atoms with E-state index in [2.05, 4.69) is 6.07 Å². The molecule has 4 rings (SSSR count). The minimum absolute atomic E-state index is 0.228. The van der Waals surface area contributed by atoms with Gasteiger partial charge in [0.05, 0.1) is 19.2 Å². The van der Waals surface area contributed by atoms with Crippen LogP contribution in [0.25, 0.3) is 21.9 Å². The summed E-state index contributed by atoms with van der Waals surface area (Å²) in [5.41, 5.74) is 2.12. The van der Waals surface area contributed by atoms with Crippen LogP contribution in [-0.4, -0.2) is 48.4 Å². The third-order valence-electron chi connectivity index (χ3n) is 5.17. The van der Waals surface area contributed by atoms with Crippen LogP contribution in [0.4, 0.5) is 4.79 Å². The topological polar surface area (TPSA) is 76.1 Å².